The van der Waals surface area contributed by atoms with Crippen LogP contribution in [0, 0.1) is 11.6 Å². The fourth-order valence-corrected chi connectivity index (χ4v) is 2.72. The number of hydrogen-bond donors (Lipinski definition) is 2. The average molecular weight is 385 g/mol. The molecule has 142 valence electrons. The smallest absolute Gasteiger partial charge is 0.330 e. The monoisotopic (exact) mass is 385 g/mol. The van der Waals surface area contributed by atoms with E-state index in [0.29, 0.717) is 11.3 Å². The van der Waals surface area contributed by atoms with Gasteiger partial charge in [0.05, 0.1) is 12.8 Å². The summed E-state index contributed by atoms with van der Waals surface area (Å²) in [6.07, 6.45) is 2.72. The van der Waals surface area contributed by atoms with Gasteiger partial charge in [-0.3, -0.25) is 14.3 Å². The van der Waals surface area contributed by atoms with Crippen LogP contribution in [0.3, 0.4) is 0 Å². The van der Waals surface area contributed by atoms with Crippen molar-refractivity contribution in [1.29, 1.82) is 0 Å². The van der Waals surface area contributed by atoms with Crippen LogP contribution in [-0.2, 0) is 13.1 Å². The minimum absolute atomic E-state index is 0.0256. The molecule has 0 saturated heterocycles. The third-order valence-electron chi connectivity index (χ3n) is 4.00. The molecule has 0 fully saturated rings. The predicted octanol–water partition coefficient (Wildman–Crippen LogP) is 2.01. The van der Waals surface area contributed by atoms with E-state index in [0.717, 1.165) is 10.6 Å². The molecule has 0 bridgehead atoms. The number of hydrogen-bond acceptors (Lipinski definition) is 6. The summed E-state index contributed by atoms with van der Waals surface area (Å²) < 4.78 is 32.6. The van der Waals surface area contributed by atoms with Crippen LogP contribution in [0.25, 0.3) is 11.0 Å². The molecule has 0 aliphatic rings. The molecular weight excluding hydrogens is 372 g/mol. The predicted molar refractivity (Wildman–Crippen MR) is 95.9 cm³/mol. The van der Waals surface area contributed by atoms with Crippen molar-refractivity contribution in [2.24, 2.45) is 0 Å². The Kier molecular flexibility index (Phi) is 4.44. The minimum atomic E-state index is -0.697. The Morgan fingerprint density at radius 2 is 1.96 bits per heavy atom. The Morgan fingerprint density at radius 1 is 1.18 bits per heavy atom. The van der Waals surface area contributed by atoms with Crippen LogP contribution in [0.1, 0.15) is 11.3 Å². The Labute approximate surface area is 155 Å². The van der Waals surface area contributed by atoms with E-state index in [9.17, 15) is 18.4 Å². The number of benzene rings is 1. The van der Waals surface area contributed by atoms with Gasteiger partial charge in [-0.05, 0) is 29.8 Å². The lowest BCUT2D eigenvalue weighted by Crippen LogP contribution is -2.35. The van der Waals surface area contributed by atoms with E-state index in [-0.39, 0.29) is 30.1 Å². The van der Waals surface area contributed by atoms with E-state index in [4.69, 9.17) is 4.42 Å². The zero-order valence-corrected chi connectivity index (χ0v) is 14.3. The molecule has 1 aromatic carbocycles. The summed E-state index contributed by atoms with van der Waals surface area (Å²) in [7, 11) is 0. The molecule has 0 radical (unpaired) electrons. The number of fused-ring (bicyclic) bond motifs is 1. The van der Waals surface area contributed by atoms with E-state index in [1.807, 2.05) is 0 Å². The van der Waals surface area contributed by atoms with Crippen LogP contribution in [0.15, 0.2) is 56.8 Å². The first kappa shape index (κ1) is 17.6. The first-order valence-corrected chi connectivity index (χ1v) is 8.21. The molecule has 4 rings (SSSR count). The van der Waals surface area contributed by atoms with Crippen molar-refractivity contribution in [3.8, 4) is 0 Å². The maximum atomic E-state index is 13.2. The van der Waals surface area contributed by atoms with Crippen LogP contribution in [0.4, 0.5) is 14.7 Å². The van der Waals surface area contributed by atoms with E-state index < -0.39 is 22.9 Å². The molecule has 0 spiro atoms. The van der Waals surface area contributed by atoms with E-state index in [1.165, 1.54) is 24.6 Å². The first-order chi connectivity index (χ1) is 13.5. The fourth-order valence-electron chi connectivity index (χ4n) is 2.72. The Bertz CT molecular complexity index is 1240. The van der Waals surface area contributed by atoms with Crippen molar-refractivity contribution >= 4 is 17.0 Å². The molecule has 0 amide bonds. The largest absolute Gasteiger partial charge is 0.467 e. The molecule has 10 heteroatoms. The summed E-state index contributed by atoms with van der Waals surface area (Å²) in [6, 6.07) is 6.42. The van der Waals surface area contributed by atoms with Crippen molar-refractivity contribution in [2.45, 2.75) is 13.1 Å². The number of aromatic amines is 1. The topological polar surface area (TPSA) is 106 Å². The average Bonchev–Trinajstić information content (AvgIpc) is 3.16. The Morgan fingerprint density at radius 3 is 2.68 bits per heavy atom. The van der Waals surface area contributed by atoms with E-state index >= 15 is 0 Å². The molecule has 0 saturated carbocycles. The highest BCUT2D eigenvalue weighted by molar-refractivity contribution is 5.73. The number of H-pyrrole nitrogens is 1. The first-order valence-electron chi connectivity index (χ1n) is 8.21. The molecule has 8 nitrogen and oxygen atoms in total. The maximum absolute atomic E-state index is 13.2. The number of rotatable bonds is 5. The molecule has 0 aliphatic carbocycles. The maximum Gasteiger partial charge on any atom is 0.330 e. The van der Waals surface area contributed by atoms with Crippen molar-refractivity contribution in [3.05, 3.63) is 86.6 Å². The summed E-state index contributed by atoms with van der Waals surface area (Å²) in [5.74, 6) is -0.847. The molecule has 28 heavy (non-hydrogen) atoms. The van der Waals surface area contributed by atoms with Gasteiger partial charge in [-0.15, -0.1) is 0 Å². The zero-order valence-electron chi connectivity index (χ0n) is 14.3. The second-order valence-electron chi connectivity index (χ2n) is 5.99. The van der Waals surface area contributed by atoms with Crippen LogP contribution in [0.5, 0.6) is 0 Å². The lowest BCUT2D eigenvalue weighted by atomic mass is 10.2. The third kappa shape index (κ3) is 3.52. The molecule has 3 aromatic heterocycles. The normalized spacial score (nSPS) is 11.1. The molecule has 0 aliphatic heterocycles. The summed E-state index contributed by atoms with van der Waals surface area (Å²) in [5.41, 5.74) is -0.808. The van der Waals surface area contributed by atoms with Gasteiger partial charge in [-0.25, -0.2) is 18.6 Å². The minimum Gasteiger partial charge on any atom is -0.467 e. The lowest BCUT2D eigenvalue weighted by molar-refractivity contribution is 0.484. The Hall–Kier alpha value is -3.82. The Balaban J connectivity index is 1.62. The number of anilines is 1. The van der Waals surface area contributed by atoms with Gasteiger partial charge in [0.1, 0.15) is 22.8 Å². The third-order valence-corrected chi connectivity index (χ3v) is 4.00. The van der Waals surface area contributed by atoms with Gasteiger partial charge >= 0.3 is 5.69 Å². The number of aromatic nitrogens is 4. The number of halogens is 2. The van der Waals surface area contributed by atoms with Gasteiger partial charge in [0, 0.05) is 18.8 Å². The SMILES string of the molecule is O=c1[nH]c2nc(NCc3cc(F)cc(F)c3)ncc2c(=O)n1Cc1ccco1. The number of nitrogens with zero attached hydrogens (tertiary/aromatic N) is 3. The van der Waals surface area contributed by atoms with Gasteiger partial charge in [0.2, 0.25) is 5.95 Å². The molecule has 0 unspecified atom stereocenters. The van der Waals surface area contributed by atoms with Crippen molar-refractivity contribution in [1.82, 2.24) is 19.5 Å². The second-order valence-corrected chi connectivity index (χ2v) is 5.99. The highest BCUT2D eigenvalue weighted by Crippen LogP contribution is 2.11. The van der Waals surface area contributed by atoms with Gasteiger partial charge in [-0.2, -0.15) is 4.98 Å². The summed E-state index contributed by atoms with van der Waals surface area (Å²) in [5, 5.41) is 2.91. The quantitative estimate of drug-likeness (QED) is 0.544. The van der Waals surface area contributed by atoms with E-state index in [2.05, 4.69) is 20.3 Å². The van der Waals surface area contributed by atoms with Crippen LogP contribution in [0.2, 0.25) is 0 Å². The van der Waals surface area contributed by atoms with Gasteiger partial charge in [0.15, 0.2) is 5.65 Å². The highest BCUT2D eigenvalue weighted by atomic mass is 19.1. The van der Waals surface area contributed by atoms with Crippen LogP contribution < -0.4 is 16.6 Å². The molecular formula is C18H13F2N5O3. The van der Waals surface area contributed by atoms with Gasteiger partial charge < -0.3 is 9.73 Å². The van der Waals surface area contributed by atoms with Crippen LogP contribution >= 0.6 is 0 Å². The van der Waals surface area contributed by atoms with Crippen molar-refractivity contribution in [3.63, 3.8) is 0 Å². The molecule has 3 heterocycles. The summed E-state index contributed by atoms with van der Waals surface area (Å²) in [6.45, 7) is 0.0300. The number of nitrogens with one attached hydrogen (secondary N) is 2. The van der Waals surface area contributed by atoms with Crippen molar-refractivity contribution in [2.75, 3.05) is 5.32 Å². The molecule has 4 aromatic rings. The highest BCUT2D eigenvalue weighted by Gasteiger charge is 2.12. The zero-order chi connectivity index (χ0) is 19.7. The molecule has 0 atom stereocenters. The fraction of sp³-hybridized carbons (Fsp3) is 0.111. The number of furan rings is 1. The molecule has 2 N–H and O–H groups in total. The summed E-state index contributed by atoms with van der Waals surface area (Å²) in [4.78, 5) is 35.4. The standard InChI is InChI=1S/C18H13F2N5O3/c19-11-4-10(5-12(20)6-11)7-21-17-22-8-14-15(23-17)24-18(27)25(16(14)26)9-13-2-1-3-28-13/h1-6,8H,7,9H2,(H2,21,22,23,24,27). The van der Waals surface area contributed by atoms with Gasteiger partial charge in [-0.1, -0.05) is 0 Å². The van der Waals surface area contributed by atoms with Crippen molar-refractivity contribution < 1.29 is 13.2 Å². The lowest BCUT2D eigenvalue weighted by Gasteiger charge is -2.07. The second kappa shape index (κ2) is 7.06. The van der Waals surface area contributed by atoms with Crippen LogP contribution in [-0.4, -0.2) is 19.5 Å². The van der Waals surface area contributed by atoms with E-state index in [1.54, 1.807) is 12.1 Å². The van der Waals surface area contributed by atoms with Gasteiger partial charge in [0.25, 0.3) is 5.56 Å². The summed E-state index contributed by atoms with van der Waals surface area (Å²) >= 11 is 0.